The van der Waals surface area contributed by atoms with Crippen LogP contribution in [0.15, 0.2) is 39.9 Å². The highest BCUT2D eigenvalue weighted by Crippen LogP contribution is 2.18. The van der Waals surface area contributed by atoms with Gasteiger partial charge in [0.15, 0.2) is 0 Å². The predicted molar refractivity (Wildman–Crippen MR) is 119 cm³/mol. The normalized spacial score (nSPS) is 14.9. The predicted octanol–water partition coefficient (Wildman–Crippen LogP) is 2.59. The number of nitrogens with zero attached hydrogens (tertiary/aromatic N) is 4. The van der Waals surface area contributed by atoms with Crippen LogP contribution in [-0.2, 0) is 11.2 Å². The van der Waals surface area contributed by atoms with Gasteiger partial charge < -0.3 is 9.80 Å². The van der Waals surface area contributed by atoms with Gasteiger partial charge in [-0.3, -0.25) is 18.7 Å². The molecule has 0 bridgehead atoms. The summed E-state index contributed by atoms with van der Waals surface area (Å²) < 4.78 is 16.0. The van der Waals surface area contributed by atoms with Gasteiger partial charge in [-0.05, 0) is 51.8 Å². The van der Waals surface area contributed by atoms with Crippen molar-refractivity contribution in [2.24, 2.45) is 0 Å². The van der Waals surface area contributed by atoms with Crippen molar-refractivity contribution in [1.29, 1.82) is 0 Å². The van der Waals surface area contributed by atoms with E-state index >= 15 is 0 Å². The molecule has 7 nitrogen and oxygen atoms in total. The molecule has 2 aromatic rings. The Balaban J connectivity index is 1.80. The summed E-state index contributed by atoms with van der Waals surface area (Å²) in [5, 5.41) is 0. The first-order chi connectivity index (χ1) is 14.7. The van der Waals surface area contributed by atoms with Gasteiger partial charge in [0.2, 0.25) is 5.91 Å². The quantitative estimate of drug-likeness (QED) is 0.731. The van der Waals surface area contributed by atoms with E-state index in [2.05, 4.69) is 0 Å². The maximum absolute atomic E-state index is 13.1. The summed E-state index contributed by atoms with van der Waals surface area (Å²) in [6.07, 6.45) is 0.954. The SMILES string of the molecule is CC(C)n1c(N2CCCN(C(=O)Cc3ccc(F)cc3)CC2)cc(=O)n(C(C)C)c1=O. The molecule has 0 atom stereocenters. The minimum absolute atomic E-state index is 0.00932. The van der Waals surface area contributed by atoms with Crippen molar-refractivity contribution < 1.29 is 9.18 Å². The molecule has 31 heavy (non-hydrogen) atoms. The lowest BCUT2D eigenvalue weighted by Crippen LogP contribution is -2.45. The third-order valence-corrected chi connectivity index (χ3v) is 5.62. The third-order valence-electron chi connectivity index (χ3n) is 5.62. The van der Waals surface area contributed by atoms with Crippen LogP contribution in [0.1, 0.15) is 51.8 Å². The maximum atomic E-state index is 13.1. The van der Waals surface area contributed by atoms with Gasteiger partial charge in [0, 0.05) is 44.3 Å². The van der Waals surface area contributed by atoms with Crippen LogP contribution in [0.5, 0.6) is 0 Å². The zero-order valence-electron chi connectivity index (χ0n) is 18.7. The topological polar surface area (TPSA) is 67.5 Å². The molecule has 1 saturated heterocycles. The summed E-state index contributed by atoms with van der Waals surface area (Å²) in [5.41, 5.74) is 0.167. The molecular weight excluding hydrogens is 399 g/mol. The molecule has 0 unspecified atom stereocenters. The van der Waals surface area contributed by atoms with E-state index in [9.17, 15) is 18.8 Å². The molecular formula is C23H31FN4O3. The number of carbonyl (C=O) groups excluding carboxylic acids is 1. The Labute approximate surface area is 181 Å². The molecule has 1 fully saturated rings. The summed E-state index contributed by atoms with van der Waals surface area (Å²) in [7, 11) is 0. The van der Waals surface area contributed by atoms with Crippen LogP contribution in [0.4, 0.5) is 10.2 Å². The highest BCUT2D eigenvalue weighted by atomic mass is 19.1. The number of anilines is 1. The number of amides is 1. The monoisotopic (exact) mass is 430 g/mol. The van der Waals surface area contributed by atoms with Crippen molar-refractivity contribution >= 4 is 11.7 Å². The lowest BCUT2D eigenvalue weighted by Gasteiger charge is -2.28. The molecule has 1 amide bonds. The summed E-state index contributed by atoms with van der Waals surface area (Å²) in [5.74, 6) is 0.275. The summed E-state index contributed by atoms with van der Waals surface area (Å²) in [6.45, 7) is 9.79. The third kappa shape index (κ3) is 5.06. The number of benzene rings is 1. The number of carbonyl (C=O) groups is 1. The molecule has 3 rings (SSSR count). The number of hydrogen-bond donors (Lipinski definition) is 0. The second kappa shape index (κ2) is 9.49. The molecule has 0 N–H and O–H groups in total. The van der Waals surface area contributed by atoms with E-state index in [1.54, 1.807) is 21.6 Å². The lowest BCUT2D eigenvalue weighted by molar-refractivity contribution is -0.130. The van der Waals surface area contributed by atoms with E-state index in [4.69, 9.17) is 0 Å². The molecule has 8 heteroatoms. The number of halogens is 1. The van der Waals surface area contributed by atoms with Crippen LogP contribution in [-0.4, -0.2) is 46.1 Å². The average Bonchev–Trinajstić information content (AvgIpc) is 2.95. The first kappa shape index (κ1) is 22.8. The van der Waals surface area contributed by atoms with Gasteiger partial charge in [0.05, 0.1) is 6.42 Å². The number of aromatic nitrogens is 2. The summed E-state index contributed by atoms with van der Waals surface area (Å²) >= 11 is 0. The molecule has 2 heterocycles. The Kier molecular flexibility index (Phi) is 6.97. The molecule has 1 aliphatic rings. The van der Waals surface area contributed by atoms with E-state index in [0.717, 1.165) is 12.0 Å². The van der Waals surface area contributed by atoms with Crippen LogP contribution < -0.4 is 16.1 Å². The molecule has 0 spiro atoms. The molecule has 1 aromatic carbocycles. The van der Waals surface area contributed by atoms with Gasteiger partial charge in [-0.2, -0.15) is 0 Å². The van der Waals surface area contributed by atoms with Gasteiger partial charge >= 0.3 is 5.69 Å². The molecule has 168 valence electrons. The van der Waals surface area contributed by atoms with Crippen molar-refractivity contribution in [2.75, 3.05) is 31.1 Å². The van der Waals surface area contributed by atoms with Gasteiger partial charge in [-0.1, -0.05) is 12.1 Å². The minimum Gasteiger partial charge on any atom is -0.356 e. The number of hydrogen-bond acceptors (Lipinski definition) is 4. The van der Waals surface area contributed by atoms with Gasteiger partial charge in [0.25, 0.3) is 5.56 Å². The zero-order valence-corrected chi connectivity index (χ0v) is 18.7. The highest BCUT2D eigenvalue weighted by Gasteiger charge is 2.24. The van der Waals surface area contributed by atoms with Crippen molar-refractivity contribution in [3.8, 4) is 0 Å². The Morgan fingerprint density at radius 1 is 0.935 bits per heavy atom. The largest absolute Gasteiger partial charge is 0.356 e. The summed E-state index contributed by atoms with van der Waals surface area (Å²) in [4.78, 5) is 42.3. The molecule has 1 aromatic heterocycles. The fourth-order valence-corrected chi connectivity index (χ4v) is 4.05. The Bertz CT molecular complexity index is 1040. The zero-order chi connectivity index (χ0) is 22.7. The summed E-state index contributed by atoms with van der Waals surface area (Å²) in [6, 6.07) is 7.19. The van der Waals surface area contributed by atoms with E-state index in [-0.39, 0.29) is 41.5 Å². The Morgan fingerprint density at radius 3 is 2.19 bits per heavy atom. The van der Waals surface area contributed by atoms with Crippen LogP contribution in [0.2, 0.25) is 0 Å². The molecule has 0 radical (unpaired) electrons. The van der Waals surface area contributed by atoms with Crippen molar-refractivity contribution in [1.82, 2.24) is 14.0 Å². The van der Waals surface area contributed by atoms with Crippen LogP contribution in [0.3, 0.4) is 0 Å². The van der Waals surface area contributed by atoms with Gasteiger partial charge in [-0.15, -0.1) is 0 Å². The fourth-order valence-electron chi connectivity index (χ4n) is 4.05. The van der Waals surface area contributed by atoms with Crippen molar-refractivity contribution in [2.45, 2.75) is 52.6 Å². The lowest BCUT2D eigenvalue weighted by atomic mass is 10.1. The average molecular weight is 431 g/mol. The first-order valence-corrected chi connectivity index (χ1v) is 10.8. The van der Waals surface area contributed by atoms with E-state index in [1.807, 2.05) is 32.6 Å². The van der Waals surface area contributed by atoms with Crippen LogP contribution in [0.25, 0.3) is 0 Å². The van der Waals surface area contributed by atoms with E-state index < -0.39 is 0 Å². The minimum atomic E-state index is -0.322. The molecule has 0 saturated carbocycles. The Hall–Kier alpha value is -2.90. The number of rotatable bonds is 5. The second-order valence-electron chi connectivity index (χ2n) is 8.58. The maximum Gasteiger partial charge on any atom is 0.333 e. The first-order valence-electron chi connectivity index (χ1n) is 10.8. The molecule has 0 aliphatic carbocycles. The van der Waals surface area contributed by atoms with E-state index in [1.165, 1.54) is 22.8 Å². The highest BCUT2D eigenvalue weighted by molar-refractivity contribution is 5.78. The fraction of sp³-hybridized carbons (Fsp3) is 0.522. The second-order valence-corrected chi connectivity index (χ2v) is 8.58. The van der Waals surface area contributed by atoms with Gasteiger partial charge in [0.1, 0.15) is 11.6 Å². The van der Waals surface area contributed by atoms with Crippen LogP contribution in [0, 0.1) is 5.82 Å². The van der Waals surface area contributed by atoms with E-state index in [0.29, 0.717) is 32.0 Å². The molecule has 1 aliphatic heterocycles. The van der Waals surface area contributed by atoms with Crippen molar-refractivity contribution in [3.63, 3.8) is 0 Å². The standard InChI is InChI=1S/C23H31FN4O3/c1-16(2)27-20(15-22(30)28(17(3)4)23(27)31)25-10-5-11-26(13-12-25)21(29)14-18-6-8-19(24)9-7-18/h6-9,15-17H,5,10-14H2,1-4H3. The smallest absolute Gasteiger partial charge is 0.333 e. The van der Waals surface area contributed by atoms with Gasteiger partial charge in [-0.25, -0.2) is 9.18 Å². The van der Waals surface area contributed by atoms with Crippen molar-refractivity contribution in [3.05, 3.63) is 62.6 Å². The van der Waals surface area contributed by atoms with Crippen LogP contribution >= 0.6 is 0 Å². The Morgan fingerprint density at radius 2 is 1.58 bits per heavy atom.